The van der Waals surface area contributed by atoms with Crippen molar-refractivity contribution in [3.8, 4) is 0 Å². The van der Waals surface area contributed by atoms with Crippen LogP contribution in [0, 0.1) is 6.42 Å². The maximum absolute atomic E-state index is 9.93. The molecule has 11 heavy (non-hydrogen) atoms. The van der Waals surface area contributed by atoms with Crippen molar-refractivity contribution < 1.29 is 4.79 Å². The van der Waals surface area contributed by atoms with Crippen molar-refractivity contribution in [1.82, 2.24) is 0 Å². The van der Waals surface area contributed by atoms with E-state index >= 15 is 0 Å². The van der Waals surface area contributed by atoms with E-state index in [0.717, 1.165) is 19.1 Å². The van der Waals surface area contributed by atoms with Gasteiger partial charge < -0.3 is 4.79 Å². The lowest BCUT2D eigenvalue weighted by Crippen LogP contribution is -1.80. The lowest BCUT2D eigenvalue weighted by molar-refractivity contribution is -0.107. The molecule has 65 valence electrons. The molecule has 0 N–H and O–H groups in total. The van der Waals surface area contributed by atoms with Crippen LogP contribution in [0.4, 0.5) is 0 Å². The highest BCUT2D eigenvalue weighted by atomic mass is 16.1. The van der Waals surface area contributed by atoms with Crippen molar-refractivity contribution in [2.45, 2.75) is 51.9 Å². The molecule has 0 spiro atoms. The molecule has 1 nitrogen and oxygen atoms in total. The van der Waals surface area contributed by atoms with E-state index in [1.807, 2.05) is 0 Å². The van der Waals surface area contributed by atoms with Gasteiger partial charge in [0.25, 0.3) is 0 Å². The van der Waals surface area contributed by atoms with Crippen molar-refractivity contribution in [3.63, 3.8) is 0 Å². The Kier molecular flexibility index (Phi) is 9.38. The minimum absolute atomic E-state index is 0.748. The number of hydrogen-bond donors (Lipinski definition) is 0. The first kappa shape index (κ1) is 10.7. The Labute approximate surface area is 70.2 Å². The van der Waals surface area contributed by atoms with Crippen molar-refractivity contribution in [3.05, 3.63) is 6.42 Å². The van der Waals surface area contributed by atoms with Crippen LogP contribution in [0.25, 0.3) is 0 Å². The van der Waals surface area contributed by atoms with Crippen LogP contribution in [0.5, 0.6) is 0 Å². The van der Waals surface area contributed by atoms with Crippen LogP contribution < -0.4 is 0 Å². The molecule has 0 saturated heterocycles. The van der Waals surface area contributed by atoms with Gasteiger partial charge in [-0.3, -0.25) is 0 Å². The van der Waals surface area contributed by atoms with E-state index in [-0.39, 0.29) is 0 Å². The molecule has 0 atom stereocenters. The Balaban J connectivity index is 2.74. The zero-order valence-corrected chi connectivity index (χ0v) is 7.51. The van der Waals surface area contributed by atoms with Crippen molar-refractivity contribution in [2.75, 3.05) is 0 Å². The van der Waals surface area contributed by atoms with Gasteiger partial charge in [-0.05, 0) is 12.8 Å². The number of unbranched alkanes of at least 4 members (excludes halogenated alkanes) is 7. The summed E-state index contributed by atoms with van der Waals surface area (Å²) in [4.78, 5) is 9.93. The molecule has 0 amide bonds. The van der Waals surface area contributed by atoms with Gasteiger partial charge in [0.05, 0.1) is 0 Å². The van der Waals surface area contributed by atoms with Gasteiger partial charge >= 0.3 is 0 Å². The highest BCUT2D eigenvalue weighted by Crippen LogP contribution is 2.06. The summed E-state index contributed by atoms with van der Waals surface area (Å²) >= 11 is 0. The van der Waals surface area contributed by atoms with Crippen LogP contribution in [0.1, 0.15) is 51.9 Å². The summed E-state index contributed by atoms with van der Waals surface area (Å²) in [7, 11) is 0. The molecule has 0 bridgehead atoms. The van der Waals surface area contributed by atoms with Crippen LogP contribution in [0.3, 0.4) is 0 Å². The second kappa shape index (κ2) is 9.67. The van der Waals surface area contributed by atoms with E-state index in [4.69, 9.17) is 0 Å². The van der Waals surface area contributed by atoms with Gasteiger partial charge in [-0.1, -0.05) is 39.0 Å². The number of aldehydes is 1. The molecule has 1 radical (unpaired) electrons. The number of carbonyl (C=O) groups is 1. The Morgan fingerprint density at radius 1 is 1.00 bits per heavy atom. The first-order chi connectivity index (χ1) is 5.41. The predicted molar refractivity (Wildman–Crippen MR) is 48.4 cm³/mol. The Bertz CT molecular complexity index is 78.9. The quantitative estimate of drug-likeness (QED) is 0.389. The molecule has 0 unspecified atom stereocenters. The molecule has 0 heterocycles. The average molecular weight is 155 g/mol. The monoisotopic (exact) mass is 155 g/mol. The predicted octanol–water partition coefficient (Wildman–Crippen LogP) is 3.14. The van der Waals surface area contributed by atoms with E-state index in [9.17, 15) is 4.79 Å². The zero-order chi connectivity index (χ0) is 8.36. The van der Waals surface area contributed by atoms with Crippen molar-refractivity contribution in [1.29, 1.82) is 0 Å². The third-order valence-corrected chi connectivity index (χ3v) is 1.77. The van der Waals surface area contributed by atoms with Gasteiger partial charge in [-0.25, -0.2) is 0 Å². The molecular weight excluding hydrogens is 136 g/mol. The lowest BCUT2D eigenvalue weighted by atomic mass is 10.1. The summed E-state index contributed by atoms with van der Waals surface area (Å²) in [5.74, 6) is 0. The molecule has 0 rings (SSSR count). The summed E-state index contributed by atoms with van der Waals surface area (Å²) in [6, 6.07) is 0. The maximum atomic E-state index is 9.93. The van der Waals surface area contributed by atoms with Crippen LogP contribution in [0.2, 0.25) is 0 Å². The zero-order valence-electron chi connectivity index (χ0n) is 7.51. The fourth-order valence-electron chi connectivity index (χ4n) is 1.07. The Morgan fingerprint density at radius 2 is 1.64 bits per heavy atom. The van der Waals surface area contributed by atoms with E-state index in [1.54, 1.807) is 0 Å². The molecule has 0 aromatic carbocycles. The normalized spacial score (nSPS) is 9.91. The van der Waals surface area contributed by atoms with E-state index in [0.29, 0.717) is 0 Å². The van der Waals surface area contributed by atoms with Crippen LogP contribution in [-0.2, 0) is 4.79 Å². The average Bonchev–Trinajstić information content (AvgIpc) is 2.03. The summed E-state index contributed by atoms with van der Waals surface area (Å²) in [6.07, 6.45) is 11.4. The highest BCUT2D eigenvalue weighted by Gasteiger charge is 1.89. The number of rotatable bonds is 8. The van der Waals surface area contributed by atoms with Crippen LogP contribution in [0.15, 0.2) is 0 Å². The fraction of sp³-hybridized carbons (Fsp3) is 0.800. The van der Waals surface area contributed by atoms with Crippen molar-refractivity contribution >= 4 is 6.29 Å². The van der Waals surface area contributed by atoms with Crippen LogP contribution >= 0.6 is 0 Å². The molecule has 0 aromatic heterocycles. The van der Waals surface area contributed by atoms with Gasteiger partial charge in [0.15, 0.2) is 0 Å². The fourth-order valence-corrected chi connectivity index (χ4v) is 1.07. The maximum Gasteiger partial charge on any atom is 0.119 e. The molecule has 0 aliphatic carbocycles. The van der Waals surface area contributed by atoms with Gasteiger partial charge in [-0.2, -0.15) is 0 Å². The van der Waals surface area contributed by atoms with E-state index in [2.05, 4.69) is 13.3 Å². The lowest BCUT2D eigenvalue weighted by Gasteiger charge is -1.97. The molecule has 0 aliphatic heterocycles. The number of carbonyl (C=O) groups excluding carboxylic acids is 1. The summed E-state index contributed by atoms with van der Waals surface area (Å²) < 4.78 is 0. The molecule has 0 aliphatic rings. The van der Waals surface area contributed by atoms with Gasteiger partial charge in [-0.15, -0.1) is 0 Å². The first-order valence-corrected chi connectivity index (χ1v) is 4.67. The van der Waals surface area contributed by atoms with Crippen molar-refractivity contribution in [2.24, 2.45) is 0 Å². The highest BCUT2D eigenvalue weighted by molar-refractivity contribution is 5.48. The summed E-state index contributed by atoms with van der Waals surface area (Å²) in [5, 5.41) is 0. The largest absolute Gasteiger partial charge is 0.303 e. The van der Waals surface area contributed by atoms with Crippen LogP contribution in [-0.4, -0.2) is 6.29 Å². The third kappa shape index (κ3) is 9.67. The van der Waals surface area contributed by atoms with Gasteiger partial charge in [0.2, 0.25) is 0 Å². The molecule has 1 heteroatoms. The second-order valence-electron chi connectivity index (χ2n) is 2.86. The molecule has 0 saturated carbocycles. The van der Waals surface area contributed by atoms with Gasteiger partial charge in [0, 0.05) is 6.42 Å². The minimum Gasteiger partial charge on any atom is -0.303 e. The molecule has 0 fully saturated rings. The molecule has 0 aromatic rings. The standard InChI is InChI=1S/C10H19O/c1-2-3-4-5-6-7-8-9-10-11/h3,10H,2,4-9H2,1H3. The van der Waals surface area contributed by atoms with E-state index in [1.165, 1.54) is 32.1 Å². The smallest absolute Gasteiger partial charge is 0.119 e. The SMILES string of the molecule is CC[CH]CCCCCCC=O. The van der Waals surface area contributed by atoms with Gasteiger partial charge in [0.1, 0.15) is 6.29 Å². The molecular formula is C10H19O. The summed E-state index contributed by atoms with van der Waals surface area (Å²) in [6.45, 7) is 2.17. The first-order valence-electron chi connectivity index (χ1n) is 4.67. The topological polar surface area (TPSA) is 17.1 Å². The Morgan fingerprint density at radius 3 is 2.18 bits per heavy atom. The summed E-state index contributed by atoms with van der Waals surface area (Å²) in [5.41, 5.74) is 0. The minimum atomic E-state index is 0.748. The second-order valence-corrected chi connectivity index (χ2v) is 2.86. The van der Waals surface area contributed by atoms with E-state index < -0.39 is 0 Å². The Hall–Kier alpha value is -0.330. The third-order valence-electron chi connectivity index (χ3n) is 1.77. The number of hydrogen-bond acceptors (Lipinski definition) is 1.